The zero-order valence-corrected chi connectivity index (χ0v) is 8.97. The van der Waals surface area contributed by atoms with E-state index in [1.54, 1.807) is 6.92 Å². The maximum absolute atomic E-state index is 13.6. The molecule has 0 unspecified atom stereocenters. The zero-order valence-electron chi connectivity index (χ0n) is 8.97. The van der Waals surface area contributed by atoms with Crippen molar-refractivity contribution in [2.24, 2.45) is 0 Å². The van der Waals surface area contributed by atoms with Gasteiger partial charge in [-0.05, 0) is 30.7 Å². The molecule has 2 N–H and O–H groups in total. The van der Waals surface area contributed by atoms with Gasteiger partial charge in [0.2, 0.25) is 0 Å². The number of anilines is 1. The van der Waals surface area contributed by atoms with Gasteiger partial charge in [0.15, 0.2) is 17.5 Å². The molecule has 0 amide bonds. The van der Waals surface area contributed by atoms with Crippen LogP contribution >= 0.6 is 0 Å². The largest absolute Gasteiger partial charge is 0.384 e. The summed E-state index contributed by atoms with van der Waals surface area (Å²) in [5.41, 5.74) is 6.45. The molecule has 0 aliphatic carbocycles. The van der Waals surface area contributed by atoms with Gasteiger partial charge in [-0.1, -0.05) is 0 Å². The second kappa shape index (κ2) is 4.08. The van der Waals surface area contributed by atoms with Gasteiger partial charge in [0.05, 0.1) is 0 Å². The van der Waals surface area contributed by atoms with E-state index in [-0.39, 0.29) is 11.4 Å². The summed E-state index contributed by atoms with van der Waals surface area (Å²) >= 11 is 0. The van der Waals surface area contributed by atoms with Crippen molar-refractivity contribution in [3.63, 3.8) is 0 Å². The fourth-order valence-corrected chi connectivity index (χ4v) is 1.59. The molecule has 2 aromatic rings. The van der Waals surface area contributed by atoms with Crippen LogP contribution in [0.2, 0.25) is 0 Å². The average molecular weight is 238 g/mol. The molecule has 2 nitrogen and oxygen atoms in total. The normalized spacial score (nSPS) is 10.6. The van der Waals surface area contributed by atoms with Crippen molar-refractivity contribution in [1.82, 2.24) is 4.98 Å². The van der Waals surface area contributed by atoms with E-state index in [9.17, 15) is 13.2 Å². The van der Waals surface area contributed by atoms with Crippen LogP contribution in [0.5, 0.6) is 0 Å². The zero-order chi connectivity index (χ0) is 12.6. The Morgan fingerprint density at radius 1 is 1.06 bits per heavy atom. The van der Waals surface area contributed by atoms with Crippen LogP contribution in [0.15, 0.2) is 24.4 Å². The molecule has 0 aliphatic heterocycles. The van der Waals surface area contributed by atoms with Crippen molar-refractivity contribution in [3.8, 4) is 11.1 Å². The second-order valence-electron chi connectivity index (χ2n) is 3.65. The van der Waals surface area contributed by atoms with Crippen molar-refractivity contribution in [2.45, 2.75) is 6.92 Å². The highest BCUT2D eigenvalue weighted by atomic mass is 19.2. The average Bonchev–Trinajstić information content (AvgIpc) is 2.28. The van der Waals surface area contributed by atoms with E-state index in [1.807, 2.05) is 0 Å². The van der Waals surface area contributed by atoms with Crippen LogP contribution in [0.25, 0.3) is 11.1 Å². The molecular weight excluding hydrogens is 229 g/mol. The summed E-state index contributed by atoms with van der Waals surface area (Å²) < 4.78 is 39.4. The lowest BCUT2D eigenvalue weighted by Gasteiger charge is -2.08. The third kappa shape index (κ3) is 1.95. The minimum absolute atomic E-state index is 0.0334. The van der Waals surface area contributed by atoms with Crippen LogP contribution in [-0.4, -0.2) is 4.98 Å². The maximum atomic E-state index is 13.6. The molecule has 0 aliphatic rings. The number of rotatable bonds is 1. The molecule has 5 heteroatoms. The van der Waals surface area contributed by atoms with Crippen molar-refractivity contribution in [3.05, 3.63) is 47.4 Å². The van der Waals surface area contributed by atoms with Gasteiger partial charge in [0, 0.05) is 17.3 Å². The molecule has 0 radical (unpaired) electrons. The Kier molecular flexibility index (Phi) is 2.75. The Balaban J connectivity index is 2.65. The van der Waals surface area contributed by atoms with Gasteiger partial charge in [0.1, 0.15) is 5.82 Å². The van der Waals surface area contributed by atoms with E-state index in [2.05, 4.69) is 4.98 Å². The predicted octanol–water partition coefficient (Wildman–Crippen LogP) is 3.06. The summed E-state index contributed by atoms with van der Waals surface area (Å²) in [5, 5.41) is 0. The summed E-state index contributed by atoms with van der Waals surface area (Å²) in [6.45, 7) is 1.69. The van der Waals surface area contributed by atoms with Gasteiger partial charge in [-0.2, -0.15) is 0 Å². The van der Waals surface area contributed by atoms with Crippen molar-refractivity contribution in [1.29, 1.82) is 0 Å². The summed E-state index contributed by atoms with van der Waals surface area (Å²) in [6, 6.07) is 3.59. The third-order valence-corrected chi connectivity index (χ3v) is 2.46. The number of aryl methyl sites for hydroxylation is 1. The van der Waals surface area contributed by atoms with Crippen LogP contribution < -0.4 is 5.73 Å². The molecule has 0 atom stereocenters. The van der Waals surface area contributed by atoms with Gasteiger partial charge in [-0.25, -0.2) is 18.2 Å². The molecule has 0 spiro atoms. The standard InChI is InChI=1S/C12H9F3N2/c1-6-4-10(16)17-5-8(6)7-2-3-9(13)12(15)11(7)14/h2-5H,1H3,(H2,16,17). The molecule has 1 aromatic heterocycles. The molecule has 0 bridgehead atoms. The number of nitrogen functional groups attached to an aromatic ring is 1. The fraction of sp³-hybridized carbons (Fsp3) is 0.0833. The summed E-state index contributed by atoms with van der Waals surface area (Å²) in [7, 11) is 0. The quantitative estimate of drug-likeness (QED) is 0.775. The second-order valence-corrected chi connectivity index (χ2v) is 3.65. The van der Waals surface area contributed by atoms with Crippen LogP contribution in [0.3, 0.4) is 0 Å². The number of hydrogen-bond donors (Lipinski definition) is 1. The Bertz CT molecular complexity index is 582. The smallest absolute Gasteiger partial charge is 0.195 e. The van der Waals surface area contributed by atoms with Crippen LogP contribution in [0.1, 0.15) is 5.56 Å². The molecule has 1 aromatic carbocycles. The van der Waals surface area contributed by atoms with Crippen molar-refractivity contribution in [2.75, 3.05) is 5.73 Å². The molecule has 2 rings (SSSR count). The van der Waals surface area contributed by atoms with Crippen LogP contribution in [-0.2, 0) is 0 Å². The molecule has 0 fully saturated rings. The SMILES string of the molecule is Cc1cc(N)ncc1-c1ccc(F)c(F)c1F. The minimum atomic E-state index is -1.49. The van der Waals surface area contributed by atoms with E-state index in [0.29, 0.717) is 11.1 Å². The van der Waals surface area contributed by atoms with Gasteiger partial charge in [0.25, 0.3) is 0 Å². The number of nitrogens with two attached hydrogens (primary N) is 1. The molecule has 1 heterocycles. The lowest BCUT2D eigenvalue weighted by Crippen LogP contribution is -1.97. The first-order valence-electron chi connectivity index (χ1n) is 4.86. The molecule has 17 heavy (non-hydrogen) atoms. The molecule has 0 saturated heterocycles. The Morgan fingerprint density at radius 2 is 1.76 bits per heavy atom. The van der Waals surface area contributed by atoms with Gasteiger partial charge < -0.3 is 5.73 Å². The molecule has 0 saturated carbocycles. The van der Waals surface area contributed by atoms with Crippen molar-refractivity contribution < 1.29 is 13.2 Å². The van der Waals surface area contributed by atoms with E-state index in [0.717, 1.165) is 6.07 Å². The Morgan fingerprint density at radius 3 is 2.41 bits per heavy atom. The number of aromatic nitrogens is 1. The van der Waals surface area contributed by atoms with Gasteiger partial charge in [-0.3, -0.25) is 0 Å². The van der Waals surface area contributed by atoms with Gasteiger partial charge in [-0.15, -0.1) is 0 Å². The number of pyridine rings is 1. The fourth-order valence-electron chi connectivity index (χ4n) is 1.59. The summed E-state index contributed by atoms with van der Waals surface area (Å²) in [4.78, 5) is 3.80. The number of benzene rings is 1. The third-order valence-electron chi connectivity index (χ3n) is 2.46. The number of halogens is 3. The first-order chi connectivity index (χ1) is 8.00. The van der Waals surface area contributed by atoms with E-state index < -0.39 is 17.5 Å². The number of hydrogen-bond acceptors (Lipinski definition) is 2. The Labute approximate surface area is 95.9 Å². The summed E-state index contributed by atoms with van der Waals surface area (Å²) in [6.07, 6.45) is 1.33. The van der Waals surface area contributed by atoms with Gasteiger partial charge >= 0.3 is 0 Å². The highest BCUT2D eigenvalue weighted by Crippen LogP contribution is 2.28. The first kappa shape index (κ1) is 11.4. The first-order valence-corrected chi connectivity index (χ1v) is 4.86. The highest BCUT2D eigenvalue weighted by molar-refractivity contribution is 5.68. The van der Waals surface area contributed by atoms with Crippen LogP contribution in [0.4, 0.5) is 19.0 Å². The van der Waals surface area contributed by atoms with Crippen molar-refractivity contribution >= 4 is 5.82 Å². The molecular formula is C12H9F3N2. The maximum Gasteiger partial charge on any atom is 0.195 e. The number of nitrogens with zero attached hydrogens (tertiary/aromatic N) is 1. The lowest BCUT2D eigenvalue weighted by molar-refractivity contribution is 0.449. The van der Waals surface area contributed by atoms with E-state index >= 15 is 0 Å². The van der Waals surface area contributed by atoms with Crippen LogP contribution in [0, 0.1) is 24.4 Å². The highest BCUT2D eigenvalue weighted by Gasteiger charge is 2.16. The van der Waals surface area contributed by atoms with E-state index in [1.165, 1.54) is 18.3 Å². The monoisotopic (exact) mass is 238 g/mol. The van der Waals surface area contributed by atoms with E-state index in [4.69, 9.17) is 5.73 Å². The summed E-state index contributed by atoms with van der Waals surface area (Å²) in [5.74, 6) is -3.64. The lowest BCUT2D eigenvalue weighted by atomic mass is 10.0. The minimum Gasteiger partial charge on any atom is -0.384 e. The topological polar surface area (TPSA) is 38.9 Å². The molecule has 88 valence electrons. The Hall–Kier alpha value is -2.04. The predicted molar refractivity (Wildman–Crippen MR) is 58.7 cm³/mol.